The lowest BCUT2D eigenvalue weighted by atomic mass is 9.96. The van der Waals surface area contributed by atoms with Crippen LogP contribution in [0.3, 0.4) is 0 Å². The molecule has 12 nitrogen and oxygen atoms in total. The van der Waals surface area contributed by atoms with Gasteiger partial charge >= 0.3 is 0 Å². The molecule has 298 valence electrons. The van der Waals surface area contributed by atoms with E-state index in [0.29, 0.717) is 44.0 Å². The second-order valence-corrected chi connectivity index (χ2v) is 16.2. The number of likely N-dealkylation sites (tertiary alicyclic amines) is 1. The lowest BCUT2D eigenvalue weighted by Crippen LogP contribution is -2.53. The van der Waals surface area contributed by atoms with E-state index in [4.69, 9.17) is 26.2 Å². The van der Waals surface area contributed by atoms with Crippen molar-refractivity contribution in [2.24, 2.45) is 0 Å². The number of amides is 2. The summed E-state index contributed by atoms with van der Waals surface area (Å²) in [5, 5.41) is 50.5. The molecule has 5 N–H and O–H groups in total. The minimum atomic E-state index is -2.00. The number of hydrogen-bond acceptors (Lipinski definition) is 11. The standard InChI is InChI=1S/C41H52ClN3O9S/c42-33-13-12-29(23-27(33)26-53-41(15-16-41)32-24-43-17-14-30(32)31-7-1-2-8-35(31)54-28-10-11-28)55-22-4-3-18-45(21-6-20-44-19-5-9-36(44)48)40(52)39(51)38(50)37(49)34(47)25-46/h1-2,7-8,12-14,17,23-24,28,34,37-39,46-47,49-51H,3-6,9-11,15-16,18-22,25-26H2. The molecule has 6 rings (SSSR count). The molecule has 14 heteroatoms. The lowest BCUT2D eigenvalue weighted by Gasteiger charge is -2.30. The first-order valence-corrected chi connectivity index (χ1v) is 20.6. The van der Waals surface area contributed by atoms with Crippen molar-refractivity contribution in [1.82, 2.24) is 14.8 Å². The maximum atomic E-state index is 13.3. The van der Waals surface area contributed by atoms with Crippen molar-refractivity contribution >= 4 is 35.2 Å². The molecule has 3 fully saturated rings. The van der Waals surface area contributed by atoms with Gasteiger partial charge in [0.1, 0.15) is 24.1 Å². The van der Waals surface area contributed by atoms with E-state index in [1.165, 1.54) is 4.90 Å². The molecule has 3 aliphatic rings. The Morgan fingerprint density at radius 3 is 2.53 bits per heavy atom. The molecular formula is C41H52ClN3O9S. The number of benzene rings is 2. The van der Waals surface area contributed by atoms with Gasteiger partial charge in [-0.1, -0.05) is 29.8 Å². The zero-order valence-corrected chi connectivity index (χ0v) is 32.5. The van der Waals surface area contributed by atoms with Crippen LogP contribution in [0, 0.1) is 0 Å². The summed E-state index contributed by atoms with van der Waals surface area (Å²) in [5.41, 5.74) is 3.56. The Balaban J connectivity index is 1.03. The molecule has 1 saturated heterocycles. The molecule has 4 atom stereocenters. The molecule has 55 heavy (non-hydrogen) atoms. The number of thioether (sulfide) groups is 1. The van der Waals surface area contributed by atoms with Gasteiger partial charge in [-0.05, 0) is 98.6 Å². The van der Waals surface area contributed by atoms with Gasteiger partial charge in [-0.3, -0.25) is 14.6 Å². The highest BCUT2D eigenvalue weighted by molar-refractivity contribution is 7.99. The molecule has 2 heterocycles. The fourth-order valence-electron chi connectivity index (χ4n) is 6.90. The van der Waals surface area contributed by atoms with Gasteiger partial charge in [0.2, 0.25) is 5.91 Å². The third-order valence-corrected chi connectivity index (χ3v) is 11.9. The van der Waals surface area contributed by atoms with Crippen LogP contribution in [0.2, 0.25) is 5.02 Å². The summed E-state index contributed by atoms with van der Waals surface area (Å²) in [4.78, 5) is 34.0. The van der Waals surface area contributed by atoms with E-state index in [2.05, 4.69) is 11.1 Å². The molecule has 4 unspecified atom stereocenters. The lowest BCUT2D eigenvalue weighted by molar-refractivity contribution is -0.158. The summed E-state index contributed by atoms with van der Waals surface area (Å²) in [7, 11) is 0. The summed E-state index contributed by atoms with van der Waals surface area (Å²) >= 11 is 8.32. The molecule has 1 aromatic heterocycles. The Bertz CT molecular complexity index is 1760. The minimum absolute atomic E-state index is 0.0779. The smallest absolute Gasteiger partial charge is 0.254 e. The maximum absolute atomic E-state index is 13.3. The number of pyridine rings is 1. The highest BCUT2D eigenvalue weighted by Gasteiger charge is 2.48. The number of carbonyl (C=O) groups excluding carboxylic acids is 2. The predicted molar refractivity (Wildman–Crippen MR) is 209 cm³/mol. The average molecular weight is 798 g/mol. The Kier molecular flexibility index (Phi) is 14.5. The van der Waals surface area contributed by atoms with E-state index in [1.54, 1.807) is 22.9 Å². The van der Waals surface area contributed by atoms with Crippen LogP contribution in [-0.2, 0) is 26.5 Å². The molecular weight excluding hydrogens is 746 g/mol. The number of rotatable bonds is 22. The quantitative estimate of drug-likeness (QED) is 0.0725. The SMILES string of the molecule is O=C1CCCN1CCCN(CCCCSc1ccc(Cl)c(COC2(c3cnccc3-c3ccccc3OC3CC3)CC2)c1)C(=O)C(O)C(O)C(O)C(O)CO. The molecule has 2 aliphatic carbocycles. The van der Waals surface area contributed by atoms with Crippen molar-refractivity contribution in [3.8, 4) is 16.9 Å². The van der Waals surface area contributed by atoms with E-state index >= 15 is 0 Å². The highest BCUT2D eigenvalue weighted by Crippen LogP contribution is 2.53. The van der Waals surface area contributed by atoms with Crippen molar-refractivity contribution in [3.05, 3.63) is 77.1 Å². The first kappa shape index (κ1) is 41.4. The van der Waals surface area contributed by atoms with E-state index in [9.17, 15) is 30.0 Å². The third kappa shape index (κ3) is 10.8. The topological polar surface area (TPSA) is 173 Å². The van der Waals surface area contributed by atoms with Crippen LogP contribution in [0.25, 0.3) is 11.1 Å². The Hall–Kier alpha value is -3.27. The maximum Gasteiger partial charge on any atom is 0.254 e. The summed E-state index contributed by atoms with van der Waals surface area (Å²) in [6.07, 6.45) is 3.42. The number of aromatic nitrogens is 1. The van der Waals surface area contributed by atoms with Gasteiger partial charge in [0.25, 0.3) is 5.91 Å². The number of carbonyl (C=O) groups is 2. The molecule has 3 aromatic rings. The van der Waals surface area contributed by atoms with Crippen LogP contribution < -0.4 is 4.74 Å². The van der Waals surface area contributed by atoms with Crippen LogP contribution in [0.1, 0.15) is 68.9 Å². The van der Waals surface area contributed by atoms with Crippen LogP contribution in [-0.4, -0.2) is 121 Å². The van der Waals surface area contributed by atoms with Crippen molar-refractivity contribution < 1.29 is 44.6 Å². The number of para-hydroxylation sites is 1. The molecule has 2 amide bonds. The fraction of sp³-hybridized carbons (Fsp3) is 0.537. The Morgan fingerprint density at radius 1 is 1.02 bits per heavy atom. The summed E-state index contributed by atoms with van der Waals surface area (Å²) in [6, 6.07) is 16.1. The van der Waals surface area contributed by atoms with Crippen molar-refractivity contribution in [2.75, 3.05) is 38.5 Å². The fourth-order valence-corrected chi connectivity index (χ4v) is 8.04. The zero-order valence-electron chi connectivity index (χ0n) is 31.0. The van der Waals surface area contributed by atoms with E-state index in [0.717, 1.165) is 77.2 Å². The van der Waals surface area contributed by atoms with E-state index < -0.39 is 42.5 Å². The van der Waals surface area contributed by atoms with Gasteiger partial charge in [0, 0.05) is 66.0 Å². The van der Waals surface area contributed by atoms with Crippen LogP contribution in [0.4, 0.5) is 0 Å². The largest absolute Gasteiger partial charge is 0.490 e. The van der Waals surface area contributed by atoms with Gasteiger partial charge in [0.05, 0.1) is 24.9 Å². The monoisotopic (exact) mass is 797 g/mol. The second kappa shape index (κ2) is 19.3. The van der Waals surface area contributed by atoms with E-state index in [1.807, 2.05) is 48.7 Å². The third-order valence-electron chi connectivity index (χ3n) is 10.5. The van der Waals surface area contributed by atoms with Crippen LogP contribution >= 0.6 is 23.4 Å². The number of ether oxygens (including phenoxy) is 2. The number of halogens is 1. The predicted octanol–water partition coefficient (Wildman–Crippen LogP) is 4.30. The first-order chi connectivity index (χ1) is 26.6. The Labute approximate surface area is 331 Å². The van der Waals surface area contributed by atoms with Gasteiger partial charge in [-0.2, -0.15) is 0 Å². The Morgan fingerprint density at radius 2 is 1.80 bits per heavy atom. The normalized spacial score (nSPS) is 18.5. The first-order valence-electron chi connectivity index (χ1n) is 19.3. The number of aliphatic hydroxyl groups excluding tert-OH is 5. The van der Waals surface area contributed by atoms with Gasteiger partial charge in [0.15, 0.2) is 6.10 Å². The number of unbranched alkanes of at least 4 members (excludes halogenated alkanes) is 1. The minimum Gasteiger partial charge on any atom is -0.490 e. The van der Waals surface area contributed by atoms with Crippen molar-refractivity contribution in [2.45, 2.75) is 105 Å². The number of hydrogen-bond donors (Lipinski definition) is 5. The van der Waals surface area contributed by atoms with Gasteiger partial charge in [-0.15, -0.1) is 11.8 Å². The second-order valence-electron chi connectivity index (χ2n) is 14.7. The molecule has 2 aromatic carbocycles. The van der Waals surface area contributed by atoms with Crippen LogP contribution in [0.15, 0.2) is 65.8 Å². The number of aliphatic hydroxyl groups is 5. The van der Waals surface area contributed by atoms with Crippen molar-refractivity contribution in [1.29, 1.82) is 0 Å². The molecule has 1 aliphatic heterocycles. The molecule has 0 bridgehead atoms. The summed E-state index contributed by atoms with van der Waals surface area (Å²) in [5.74, 6) is 0.905. The molecule has 2 saturated carbocycles. The van der Waals surface area contributed by atoms with E-state index in [-0.39, 0.29) is 25.1 Å². The van der Waals surface area contributed by atoms with Gasteiger partial charge in [-0.25, -0.2) is 0 Å². The average Bonchev–Trinajstić information content (AvgIpc) is 4.15. The van der Waals surface area contributed by atoms with Gasteiger partial charge < -0.3 is 44.8 Å². The number of nitrogens with zero attached hydrogens (tertiary/aromatic N) is 3. The highest BCUT2D eigenvalue weighted by atomic mass is 35.5. The molecule has 0 spiro atoms. The zero-order chi connectivity index (χ0) is 39.0. The van der Waals surface area contributed by atoms with Crippen LogP contribution in [0.5, 0.6) is 5.75 Å². The molecule has 0 radical (unpaired) electrons. The summed E-state index contributed by atoms with van der Waals surface area (Å²) < 4.78 is 12.9. The summed E-state index contributed by atoms with van der Waals surface area (Å²) in [6.45, 7) is 1.16. The van der Waals surface area contributed by atoms with Crippen molar-refractivity contribution in [3.63, 3.8) is 0 Å².